The monoisotopic (exact) mass is 316 g/mol. The third-order valence-corrected chi connectivity index (χ3v) is 5.36. The van der Waals surface area contributed by atoms with Crippen molar-refractivity contribution in [3.05, 3.63) is 30.1 Å². The van der Waals surface area contributed by atoms with Crippen LogP contribution in [0.4, 0.5) is 4.39 Å². The molecule has 1 aliphatic rings. The van der Waals surface area contributed by atoms with Crippen LogP contribution in [0.25, 0.3) is 0 Å². The summed E-state index contributed by atoms with van der Waals surface area (Å²) < 4.78 is 36.9. The molecule has 0 saturated carbocycles. The van der Waals surface area contributed by atoms with Gasteiger partial charge < -0.3 is 15.7 Å². The average molecular weight is 316 g/mol. The fourth-order valence-corrected chi connectivity index (χ4v) is 3.59. The van der Waals surface area contributed by atoms with Crippen LogP contribution < -0.4 is 10.6 Å². The highest BCUT2D eigenvalue weighted by molar-refractivity contribution is 7.91. The average Bonchev–Trinajstić information content (AvgIpc) is 2.45. The highest BCUT2D eigenvalue weighted by atomic mass is 32.2. The van der Waals surface area contributed by atoms with Crippen molar-refractivity contribution in [1.82, 2.24) is 10.6 Å². The van der Waals surface area contributed by atoms with Gasteiger partial charge in [0.2, 0.25) is 0 Å². The Morgan fingerprint density at radius 2 is 2.05 bits per heavy atom. The van der Waals surface area contributed by atoms with Gasteiger partial charge in [-0.2, -0.15) is 0 Å². The van der Waals surface area contributed by atoms with E-state index in [1.165, 1.54) is 12.1 Å². The van der Waals surface area contributed by atoms with Crippen molar-refractivity contribution in [2.45, 2.75) is 23.3 Å². The Hall–Kier alpha value is -1.02. The number of hydrogen-bond acceptors (Lipinski definition) is 5. The van der Waals surface area contributed by atoms with Crippen molar-refractivity contribution >= 4 is 9.84 Å². The molecule has 0 spiro atoms. The van der Waals surface area contributed by atoms with E-state index in [2.05, 4.69) is 10.6 Å². The molecule has 118 valence electrons. The number of sulfone groups is 1. The maximum absolute atomic E-state index is 12.8. The lowest BCUT2D eigenvalue weighted by Crippen LogP contribution is -2.52. The molecule has 1 unspecified atom stereocenters. The summed E-state index contributed by atoms with van der Waals surface area (Å²) in [6.45, 7) is 2.03. The Bertz CT molecular complexity index is 554. The number of aliphatic hydroxyl groups is 1. The van der Waals surface area contributed by atoms with Crippen LogP contribution in [-0.4, -0.2) is 51.1 Å². The molecule has 1 aromatic rings. The molecule has 1 aliphatic heterocycles. The summed E-state index contributed by atoms with van der Waals surface area (Å²) >= 11 is 0. The van der Waals surface area contributed by atoms with Gasteiger partial charge in [-0.05, 0) is 43.7 Å². The Balaban J connectivity index is 1.81. The Morgan fingerprint density at radius 1 is 1.33 bits per heavy atom. The molecule has 3 N–H and O–H groups in total. The largest absolute Gasteiger partial charge is 0.387 e. The molecule has 0 radical (unpaired) electrons. The minimum atomic E-state index is -3.43. The van der Waals surface area contributed by atoms with E-state index in [0.29, 0.717) is 19.5 Å². The van der Waals surface area contributed by atoms with Gasteiger partial charge in [-0.1, -0.05) is 0 Å². The minimum absolute atomic E-state index is 0.0812. The summed E-state index contributed by atoms with van der Waals surface area (Å²) in [5.41, 5.74) is -0.808. The van der Waals surface area contributed by atoms with E-state index in [0.717, 1.165) is 25.1 Å². The van der Waals surface area contributed by atoms with Crippen molar-refractivity contribution in [2.75, 3.05) is 31.9 Å². The number of piperidine rings is 1. The van der Waals surface area contributed by atoms with Gasteiger partial charge in [0.1, 0.15) is 5.82 Å². The quantitative estimate of drug-likeness (QED) is 0.520. The molecule has 1 fully saturated rings. The third-order valence-electron chi connectivity index (χ3n) is 3.62. The van der Waals surface area contributed by atoms with Gasteiger partial charge in [0.05, 0.1) is 16.2 Å². The summed E-state index contributed by atoms with van der Waals surface area (Å²) in [5.74, 6) is -0.540. The molecule has 1 atom stereocenters. The van der Waals surface area contributed by atoms with Crippen LogP contribution in [0.2, 0.25) is 0 Å². The molecule has 2 rings (SSSR count). The first-order valence-electron chi connectivity index (χ1n) is 7.03. The smallest absolute Gasteiger partial charge is 0.179 e. The van der Waals surface area contributed by atoms with Crippen LogP contribution in [0.3, 0.4) is 0 Å². The highest BCUT2D eigenvalue weighted by Gasteiger charge is 2.28. The van der Waals surface area contributed by atoms with Crippen LogP contribution in [0.15, 0.2) is 29.2 Å². The minimum Gasteiger partial charge on any atom is -0.387 e. The van der Waals surface area contributed by atoms with Crippen LogP contribution in [0.1, 0.15) is 12.8 Å². The number of hydrogen-bond donors (Lipinski definition) is 3. The fraction of sp³-hybridized carbons (Fsp3) is 0.571. The second-order valence-corrected chi connectivity index (χ2v) is 7.56. The van der Waals surface area contributed by atoms with Crippen molar-refractivity contribution in [1.29, 1.82) is 0 Å². The van der Waals surface area contributed by atoms with Gasteiger partial charge >= 0.3 is 0 Å². The Labute approximate surface area is 124 Å². The normalized spacial score (nSPS) is 23.1. The van der Waals surface area contributed by atoms with Crippen LogP contribution in [0.5, 0.6) is 0 Å². The first-order chi connectivity index (χ1) is 9.91. The Morgan fingerprint density at radius 3 is 2.67 bits per heavy atom. The lowest BCUT2D eigenvalue weighted by molar-refractivity contribution is 0.0177. The van der Waals surface area contributed by atoms with Crippen LogP contribution in [0, 0.1) is 5.82 Å². The molecule has 0 aromatic heterocycles. The van der Waals surface area contributed by atoms with E-state index in [1.54, 1.807) is 0 Å². The molecule has 0 amide bonds. The maximum Gasteiger partial charge on any atom is 0.179 e. The van der Waals surface area contributed by atoms with Gasteiger partial charge in [0.25, 0.3) is 0 Å². The van der Waals surface area contributed by atoms with Crippen molar-refractivity contribution < 1.29 is 17.9 Å². The number of halogens is 1. The first-order valence-corrected chi connectivity index (χ1v) is 8.69. The molecule has 0 bridgehead atoms. The van der Waals surface area contributed by atoms with Crippen molar-refractivity contribution in [3.8, 4) is 0 Å². The molecule has 21 heavy (non-hydrogen) atoms. The summed E-state index contributed by atoms with van der Waals surface area (Å²) in [7, 11) is -3.43. The second-order valence-electron chi connectivity index (χ2n) is 5.45. The second kappa shape index (κ2) is 6.83. The van der Waals surface area contributed by atoms with E-state index in [-0.39, 0.29) is 17.2 Å². The Kier molecular flexibility index (Phi) is 5.32. The number of rotatable bonds is 6. The number of β-amino-alcohol motifs (C(OH)–C–C–N with tert-alkyl or cyclic N) is 1. The summed E-state index contributed by atoms with van der Waals surface area (Å²) in [6, 6.07) is 4.81. The molecular formula is C14H21FN2O3S. The highest BCUT2D eigenvalue weighted by Crippen LogP contribution is 2.15. The van der Waals surface area contributed by atoms with E-state index < -0.39 is 21.3 Å². The molecule has 1 aromatic carbocycles. The van der Waals surface area contributed by atoms with Crippen LogP contribution >= 0.6 is 0 Å². The molecule has 7 heteroatoms. The molecular weight excluding hydrogens is 295 g/mol. The topological polar surface area (TPSA) is 78.4 Å². The summed E-state index contributed by atoms with van der Waals surface area (Å²) in [5, 5.41) is 16.3. The van der Waals surface area contributed by atoms with Gasteiger partial charge in [-0.15, -0.1) is 0 Å². The van der Waals surface area contributed by atoms with Gasteiger partial charge in [0, 0.05) is 19.6 Å². The fourth-order valence-electron chi connectivity index (χ4n) is 2.39. The predicted molar refractivity (Wildman–Crippen MR) is 78.4 cm³/mol. The first kappa shape index (κ1) is 16.4. The van der Waals surface area contributed by atoms with E-state index in [4.69, 9.17) is 0 Å². The molecule has 5 nitrogen and oxygen atoms in total. The van der Waals surface area contributed by atoms with E-state index in [9.17, 15) is 17.9 Å². The van der Waals surface area contributed by atoms with Gasteiger partial charge in [-0.25, -0.2) is 12.8 Å². The van der Waals surface area contributed by atoms with Gasteiger partial charge in [-0.3, -0.25) is 0 Å². The molecule has 0 aliphatic carbocycles. The van der Waals surface area contributed by atoms with Crippen LogP contribution in [-0.2, 0) is 9.84 Å². The van der Waals surface area contributed by atoms with Crippen molar-refractivity contribution in [2.24, 2.45) is 0 Å². The predicted octanol–water partition coefficient (Wildman–Crippen LogP) is 0.304. The zero-order valence-corrected chi connectivity index (χ0v) is 12.6. The third kappa shape index (κ3) is 4.74. The van der Waals surface area contributed by atoms with E-state index >= 15 is 0 Å². The SMILES string of the molecule is O=S(=O)(CCNCC1(O)CCCNC1)c1ccc(F)cc1. The van der Waals surface area contributed by atoms with E-state index in [1.807, 2.05) is 0 Å². The number of benzene rings is 1. The molecule has 1 heterocycles. The van der Waals surface area contributed by atoms with Crippen molar-refractivity contribution in [3.63, 3.8) is 0 Å². The maximum atomic E-state index is 12.8. The molecule has 1 saturated heterocycles. The lowest BCUT2D eigenvalue weighted by atomic mass is 9.94. The zero-order chi connectivity index (χ0) is 15.3. The lowest BCUT2D eigenvalue weighted by Gasteiger charge is -2.32. The summed E-state index contributed by atoms with van der Waals surface area (Å²) in [6.07, 6.45) is 1.61. The standard InChI is InChI=1S/C14H21FN2O3S/c15-12-2-4-13(5-3-12)21(19,20)9-8-17-11-14(18)6-1-7-16-10-14/h2-5,16-18H,1,6-11H2. The number of nitrogens with one attached hydrogen (secondary N) is 2. The van der Waals surface area contributed by atoms with Gasteiger partial charge in [0.15, 0.2) is 9.84 Å². The summed E-state index contributed by atoms with van der Waals surface area (Å²) in [4.78, 5) is 0.115. The zero-order valence-electron chi connectivity index (χ0n) is 11.8.